The Labute approximate surface area is 94.6 Å². The Morgan fingerprint density at radius 2 is 2.27 bits per heavy atom. The van der Waals surface area contributed by atoms with Crippen LogP contribution in [0, 0.1) is 12.7 Å². The minimum atomic E-state index is -0.303. The standard InChI is InChI=1S/C12H15ClFN/c1-8-5-11(13)12(14)6-10(8)9-3-2-4-15-7-9/h5-6,9,15H,2-4,7H2,1H3. The smallest absolute Gasteiger partial charge is 0.142 e. The molecule has 1 unspecified atom stereocenters. The molecule has 0 saturated carbocycles. The summed E-state index contributed by atoms with van der Waals surface area (Å²) in [7, 11) is 0. The summed E-state index contributed by atoms with van der Waals surface area (Å²) in [4.78, 5) is 0. The summed E-state index contributed by atoms with van der Waals surface area (Å²) in [5, 5.41) is 3.56. The first-order chi connectivity index (χ1) is 7.18. The van der Waals surface area contributed by atoms with Gasteiger partial charge in [0.25, 0.3) is 0 Å². The molecular weight excluding hydrogens is 213 g/mol. The number of nitrogens with one attached hydrogen (secondary N) is 1. The minimum Gasteiger partial charge on any atom is -0.316 e. The van der Waals surface area contributed by atoms with E-state index in [4.69, 9.17) is 11.6 Å². The van der Waals surface area contributed by atoms with Crippen LogP contribution in [-0.2, 0) is 0 Å². The molecule has 0 bridgehead atoms. The second-order valence-electron chi connectivity index (χ2n) is 4.17. The number of hydrogen-bond acceptors (Lipinski definition) is 1. The lowest BCUT2D eigenvalue weighted by Crippen LogP contribution is -2.28. The SMILES string of the molecule is Cc1cc(Cl)c(F)cc1C1CCCNC1. The second kappa shape index (κ2) is 4.50. The highest BCUT2D eigenvalue weighted by atomic mass is 35.5. The van der Waals surface area contributed by atoms with Crippen molar-refractivity contribution in [2.45, 2.75) is 25.7 Å². The molecular formula is C12H15ClFN. The molecule has 0 amide bonds. The Morgan fingerprint density at radius 3 is 2.93 bits per heavy atom. The summed E-state index contributed by atoms with van der Waals surface area (Å²) in [6.45, 7) is 4.02. The van der Waals surface area contributed by atoms with E-state index in [2.05, 4.69) is 5.32 Å². The van der Waals surface area contributed by atoms with Crippen molar-refractivity contribution in [1.82, 2.24) is 5.32 Å². The first-order valence-electron chi connectivity index (χ1n) is 5.34. The summed E-state index contributed by atoms with van der Waals surface area (Å²) in [5.74, 6) is 0.133. The normalized spacial score (nSPS) is 21.7. The minimum absolute atomic E-state index is 0.222. The van der Waals surface area contributed by atoms with Crippen molar-refractivity contribution in [2.24, 2.45) is 0 Å². The van der Waals surface area contributed by atoms with E-state index in [0.29, 0.717) is 5.92 Å². The van der Waals surface area contributed by atoms with E-state index in [1.165, 1.54) is 0 Å². The van der Waals surface area contributed by atoms with Crippen LogP contribution in [0.5, 0.6) is 0 Å². The largest absolute Gasteiger partial charge is 0.316 e. The Kier molecular flexibility index (Phi) is 3.27. The lowest BCUT2D eigenvalue weighted by molar-refractivity contribution is 0.458. The first-order valence-corrected chi connectivity index (χ1v) is 5.72. The highest BCUT2D eigenvalue weighted by Crippen LogP contribution is 2.29. The number of benzene rings is 1. The van der Waals surface area contributed by atoms with Crippen LogP contribution in [0.3, 0.4) is 0 Å². The van der Waals surface area contributed by atoms with Crippen LogP contribution < -0.4 is 5.32 Å². The van der Waals surface area contributed by atoms with Crippen LogP contribution in [0.1, 0.15) is 29.9 Å². The van der Waals surface area contributed by atoms with E-state index in [0.717, 1.165) is 37.1 Å². The fourth-order valence-corrected chi connectivity index (χ4v) is 2.44. The number of hydrogen-bond donors (Lipinski definition) is 1. The van der Waals surface area contributed by atoms with Gasteiger partial charge in [-0.25, -0.2) is 4.39 Å². The molecule has 1 aromatic rings. The molecule has 1 aliphatic rings. The third kappa shape index (κ3) is 2.32. The van der Waals surface area contributed by atoms with Crippen LogP contribution in [0.25, 0.3) is 0 Å². The predicted octanol–water partition coefficient (Wildman–Crippen LogP) is 3.25. The third-order valence-corrected chi connectivity index (χ3v) is 3.34. The van der Waals surface area contributed by atoms with Gasteiger partial charge in [0.2, 0.25) is 0 Å². The van der Waals surface area contributed by atoms with E-state index >= 15 is 0 Å². The van der Waals surface area contributed by atoms with Gasteiger partial charge >= 0.3 is 0 Å². The predicted molar refractivity (Wildman–Crippen MR) is 61.0 cm³/mol. The number of piperidine rings is 1. The monoisotopic (exact) mass is 227 g/mol. The van der Waals surface area contributed by atoms with E-state index in [1.807, 2.05) is 6.92 Å². The highest BCUT2D eigenvalue weighted by molar-refractivity contribution is 6.30. The molecule has 15 heavy (non-hydrogen) atoms. The Hall–Kier alpha value is -0.600. The lowest BCUT2D eigenvalue weighted by atomic mass is 9.89. The highest BCUT2D eigenvalue weighted by Gasteiger charge is 2.18. The molecule has 0 aromatic heterocycles. The van der Waals surface area contributed by atoms with Crippen LogP contribution >= 0.6 is 11.6 Å². The molecule has 82 valence electrons. The molecule has 1 N–H and O–H groups in total. The molecule has 0 radical (unpaired) electrons. The average molecular weight is 228 g/mol. The van der Waals surface area contributed by atoms with Crippen molar-refractivity contribution in [2.75, 3.05) is 13.1 Å². The topological polar surface area (TPSA) is 12.0 Å². The van der Waals surface area contributed by atoms with E-state index in [-0.39, 0.29) is 10.8 Å². The van der Waals surface area contributed by atoms with Gasteiger partial charge in [-0.3, -0.25) is 0 Å². The van der Waals surface area contributed by atoms with Crippen LogP contribution in [0.4, 0.5) is 4.39 Å². The lowest BCUT2D eigenvalue weighted by Gasteiger charge is -2.24. The molecule has 1 atom stereocenters. The maximum Gasteiger partial charge on any atom is 0.142 e. The van der Waals surface area contributed by atoms with Gasteiger partial charge in [-0.05, 0) is 55.5 Å². The summed E-state index contributed by atoms with van der Waals surface area (Å²) >= 11 is 5.73. The van der Waals surface area contributed by atoms with E-state index < -0.39 is 0 Å². The van der Waals surface area contributed by atoms with Gasteiger partial charge in [-0.15, -0.1) is 0 Å². The summed E-state index contributed by atoms with van der Waals surface area (Å²) in [6, 6.07) is 3.32. The summed E-state index contributed by atoms with van der Waals surface area (Å²) < 4.78 is 13.4. The Bertz CT molecular complexity index is 359. The first kappa shape index (κ1) is 10.9. The second-order valence-corrected chi connectivity index (χ2v) is 4.57. The molecule has 1 fully saturated rings. The van der Waals surface area contributed by atoms with E-state index in [1.54, 1.807) is 12.1 Å². The molecule has 3 heteroatoms. The van der Waals surface area contributed by atoms with Gasteiger partial charge in [0.1, 0.15) is 5.82 Å². The molecule has 0 spiro atoms. The van der Waals surface area contributed by atoms with Gasteiger partial charge in [-0.1, -0.05) is 11.6 Å². The van der Waals surface area contributed by atoms with Gasteiger partial charge in [-0.2, -0.15) is 0 Å². The molecule has 1 saturated heterocycles. The summed E-state index contributed by atoms with van der Waals surface area (Å²) in [6.07, 6.45) is 2.29. The summed E-state index contributed by atoms with van der Waals surface area (Å²) in [5.41, 5.74) is 2.19. The van der Waals surface area contributed by atoms with Crippen molar-refractivity contribution in [1.29, 1.82) is 0 Å². The van der Waals surface area contributed by atoms with E-state index in [9.17, 15) is 4.39 Å². The number of halogens is 2. The van der Waals surface area contributed by atoms with Crippen molar-refractivity contribution in [3.05, 3.63) is 34.1 Å². The van der Waals surface area contributed by atoms with Crippen molar-refractivity contribution >= 4 is 11.6 Å². The van der Waals surface area contributed by atoms with Crippen LogP contribution in [0.2, 0.25) is 5.02 Å². The molecule has 1 heterocycles. The zero-order valence-corrected chi connectivity index (χ0v) is 9.57. The maximum absolute atomic E-state index is 13.4. The quantitative estimate of drug-likeness (QED) is 0.777. The number of rotatable bonds is 1. The maximum atomic E-state index is 13.4. The molecule has 1 aromatic carbocycles. The van der Waals surface area contributed by atoms with Crippen molar-refractivity contribution in [3.63, 3.8) is 0 Å². The molecule has 1 nitrogen and oxygen atoms in total. The zero-order valence-electron chi connectivity index (χ0n) is 8.82. The van der Waals surface area contributed by atoms with Crippen LogP contribution in [0.15, 0.2) is 12.1 Å². The number of aryl methyl sites for hydroxylation is 1. The Balaban J connectivity index is 2.30. The third-order valence-electron chi connectivity index (χ3n) is 3.05. The fourth-order valence-electron chi connectivity index (χ4n) is 2.22. The Morgan fingerprint density at radius 1 is 1.47 bits per heavy atom. The van der Waals surface area contributed by atoms with Gasteiger partial charge < -0.3 is 5.32 Å². The molecule has 0 aliphatic carbocycles. The van der Waals surface area contributed by atoms with Crippen LogP contribution in [-0.4, -0.2) is 13.1 Å². The van der Waals surface area contributed by atoms with Crippen molar-refractivity contribution in [3.8, 4) is 0 Å². The van der Waals surface area contributed by atoms with Gasteiger partial charge in [0.15, 0.2) is 0 Å². The average Bonchev–Trinajstić information content (AvgIpc) is 2.25. The molecule has 1 aliphatic heterocycles. The zero-order chi connectivity index (χ0) is 10.8. The van der Waals surface area contributed by atoms with Gasteiger partial charge in [0, 0.05) is 6.54 Å². The van der Waals surface area contributed by atoms with Gasteiger partial charge in [0.05, 0.1) is 5.02 Å². The molecule has 2 rings (SSSR count). The van der Waals surface area contributed by atoms with Crippen molar-refractivity contribution < 1.29 is 4.39 Å². The fraction of sp³-hybridized carbons (Fsp3) is 0.500.